The highest BCUT2D eigenvalue weighted by molar-refractivity contribution is 7.47. The number of carbonyl (C=O) groups excluding carboxylic acids is 4. The summed E-state index contributed by atoms with van der Waals surface area (Å²) in [5, 5.41) is 10.6. The van der Waals surface area contributed by atoms with Crippen molar-refractivity contribution in [3.8, 4) is 0 Å². The predicted molar refractivity (Wildman–Crippen MR) is 418 cm³/mol. The molecular weight excluding hydrogens is 1330 g/mol. The fourth-order valence-corrected chi connectivity index (χ4v) is 12.7. The lowest BCUT2D eigenvalue weighted by Crippen LogP contribution is -2.30. The molecular formula is C83H148O17P2. The molecule has 0 amide bonds. The molecule has 0 radical (unpaired) electrons. The van der Waals surface area contributed by atoms with E-state index in [-0.39, 0.29) is 25.7 Å². The molecule has 0 bridgehead atoms. The van der Waals surface area contributed by atoms with E-state index in [2.05, 4.69) is 113 Å². The van der Waals surface area contributed by atoms with Crippen LogP contribution in [-0.2, 0) is 65.4 Å². The van der Waals surface area contributed by atoms with Gasteiger partial charge in [0.05, 0.1) is 26.4 Å². The molecule has 0 heterocycles. The molecule has 0 rings (SSSR count). The largest absolute Gasteiger partial charge is 0.472 e. The standard InChI is InChI=1S/C83H148O17P2/c1-5-9-13-17-21-25-29-33-36-37-38-39-42-45-48-52-56-60-64-68-81(86)94-74-79(100-83(88)70-66-62-58-54-50-46-41-35-31-27-23-19-15-11-7-3)76-98-102(91,92)96-72-77(84)71-95-101(89,90)97-75-78(99-82(87)69-65-61-57-53-49-43-32-28-24-20-16-12-8-4)73-93-80(85)67-63-59-55-51-47-44-40-34-30-26-22-18-14-10-6-2/h9,13,21,25,27,31,33-34,36,38-40,45,48,77-79,84H,5-8,10-12,14-20,22-24,26,28-30,32,35,37,41-44,46-47,49-76H2,1-4H3,(H,89,90)(H,91,92)/b13-9-,25-21-,31-27-,36-33-,39-38-,40-34-,48-45-/t77-,78+,79+/m0/s1. The summed E-state index contributed by atoms with van der Waals surface area (Å²) in [7, 11) is -9.96. The molecule has 17 nitrogen and oxygen atoms in total. The van der Waals surface area contributed by atoms with Crippen molar-refractivity contribution in [2.24, 2.45) is 0 Å². The van der Waals surface area contributed by atoms with E-state index in [0.717, 1.165) is 167 Å². The van der Waals surface area contributed by atoms with E-state index in [1.54, 1.807) is 0 Å². The summed E-state index contributed by atoms with van der Waals surface area (Å²) in [4.78, 5) is 73.0. The minimum Gasteiger partial charge on any atom is -0.462 e. The number of phosphoric acid groups is 2. The third-order valence-electron chi connectivity index (χ3n) is 17.3. The smallest absolute Gasteiger partial charge is 0.462 e. The van der Waals surface area contributed by atoms with Gasteiger partial charge >= 0.3 is 39.5 Å². The second-order valence-corrected chi connectivity index (χ2v) is 30.2. The van der Waals surface area contributed by atoms with Gasteiger partial charge in [-0.15, -0.1) is 0 Å². The zero-order valence-corrected chi connectivity index (χ0v) is 66.6. The van der Waals surface area contributed by atoms with E-state index in [0.29, 0.717) is 25.7 Å². The van der Waals surface area contributed by atoms with Crippen LogP contribution in [-0.4, -0.2) is 96.7 Å². The average Bonchev–Trinajstić information content (AvgIpc) is 0.924. The van der Waals surface area contributed by atoms with E-state index >= 15 is 0 Å². The van der Waals surface area contributed by atoms with Crippen molar-refractivity contribution in [2.75, 3.05) is 39.6 Å². The Bertz CT molecular complexity index is 2260. The molecule has 5 atom stereocenters. The number of hydrogen-bond acceptors (Lipinski definition) is 15. The van der Waals surface area contributed by atoms with Crippen LogP contribution >= 0.6 is 15.6 Å². The number of esters is 4. The van der Waals surface area contributed by atoms with E-state index in [9.17, 15) is 43.2 Å². The van der Waals surface area contributed by atoms with Crippen LogP contribution in [0.2, 0.25) is 0 Å². The first kappa shape index (κ1) is 98.2. The Hall–Kier alpha value is -3.76. The molecule has 0 aromatic rings. The number of carbonyl (C=O) groups is 4. The molecule has 0 aliphatic rings. The van der Waals surface area contributed by atoms with Gasteiger partial charge in [0.1, 0.15) is 19.3 Å². The summed E-state index contributed by atoms with van der Waals surface area (Å²) in [6.07, 6.45) is 78.4. The number of aliphatic hydroxyl groups excluding tert-OH is 1. The molecule has 2 unspecified atom stereocenters. The van der Waals surface area contributed by atoms with Crippen LogP contribution in [0.3, 0.4) is 0 Å². The van der Waals surface area contributed by atoms with Gasteiger partial charge in [0.2, 0.25) is 0 Å². The lowest BCUT2D eigenvalue weighted by atomic mass is 10.0. The number of phosphoric ester groups is 2. The van der Waals surface area contributed by atoms with Gasteiger partial charge in [-0.25, -0.2) is 9.13 Å². The van der Waals surface area contributed by atoms with Crippen LogP contribution in [0, 0.1) is 0 Å². The normalized spacial score (nSPS) is 14.3. The average molecular weight is 1480 g/mol. The summed E-state index contributed by atoms with van der Waals surface area (Å²) in [5.41, 5.74) is 0. The van der Waals surface area contributed by atoms with Gasteiger partial charge in [0, 0.05) is 25.7 Å². The summed E-state index contributed by atoms with van der Waals surface area (Å²) >= 11 is 0. The highest BCUT2D eigenvalue weighted by Gasteiger charge is 2.30. The highest BCUT2D eigenvalue weighted by atomic mass is 31.2. The summed E-state index contributed by atoms with van der Waals surface area (Å²) in [6, 6.07) is 0. The summed E-state index contributed by atoms with van der Waals surface area (Å²) in [5.74, 6) is -2.20. The van der Waals surface area contributed by atoms with Gasteiger partial charge < -0.3 is 33.8 Å². The molecule has 0 saturated carbocycles. The SMILES string of the molecule is CC/C=C\C/C=C\C/C=C\C/C=C\C/C=C\CCCCCC(=O)OC[C@H](COP(=O)(O)OC[C@@H](O)COP(=O)(O)OC[C@@H](COC(=O)CCCCCCC/C=C\CCCCCCCC)OC(=O)CCCCCCCCCCCCCCC)OC(=O)CCCCCCCCC/C=C\CCCCCC. The van der Waals surface area contributed by atoms with Crippen LogP contribution in [0.5, 0.6) is 0 Å². The predicted octanol–water partition coefficient (Wildman–Crippen LogP) is 23.8. The van der Waals surface area contributed by atoms with Crippen LogP contribution in [0.25, 0.3) is 0 Å². The molecule has 0 aromatic heterocycles. The fraction of sp³-hybridized carbons (Fsp3) is 0.783. The Morgan fingerprint density at radius 2 is 0.510 bits per heavy atom. The Balaban J connectivity index is 5.36. The number of unbranched alkanes of at least 4 members (excludes halogenated alkanes) is 37. The second kappa shape index (κ2) is 75.5. The van der Waals surface area contributed by atoms with Gasteiger partial charge in [-0.1, -0.05) is 299 Å². The van der Waals surface area contributed by atoms with Crippen LogP contribution in [0.4, 0.5) is 0 Å². The molecule has 0 saturated heterocycles. The minimum atomic E-state index is -4.98. The van der Waals surface area contributed by atoms with Gasteiger partial charge in [-0.05, 0) is 122 Å². The van der Waals surface area contributed by atoms with Gasteiger partial charge in [-0.3, -0.25) is 37.3 Å². The quantitative estimate of drug-likeness (QED) is 0.0169. The molecule has 0 aliphatic carbocycles. The summed E-state index contributed by atoms with van der Waals surface area (Å²) < 4.78 is 68.6. The maximum absolute atomic E-state index is 13.1. The Morgan fingerprint density at radius 3 is 0.814 bits per heavy atom. The molecule has 0 spiro atoms. The number of rotatable bonds is 77. The molecule has 0 aliphatic heterocycles. The van der Waals surface area contributed by atoms with E-state index in [4.69, 9.17) is 37.0 Å². The first-order valence-electron chi connectivity index (χ1n) is 40.8. The summed E-state index contributed by atoms with van der Waals surface area (Å²) in [6.45, 7) is 4.75. The van der Waals surface area contributed by atoms with E-state index < -0.39 is 97.5 Å². The van der Waals surface area contributed by atoms with Crippen molar-refractivity contribution in [2.45, 2.75) is 380 Å². The zero-order chi connectivity index (χ0) is 74.6. The minimum absolute atomic E-state index is 0.0837. The highest BCUT2D eigenvalue weighted by Crippen LogP contribution is 2.45. The first-order chi connectivity index (χ1) is 49.7. The monoisotopic (exact) mass is 1480 g/mol. The fourth-order valence-electron chi connectivity index (χ4n) is 11.1. The van der Waals surface area contributed by atoms with Crippen molar-refractivity contribution in [1.82, 2.24) is 0 Å². The van der Waals surface area contributed by atoms with Crippen molar-refractivity contribution in [1.29, 1.82) is 0 Å². The third-order valence-corrected chi connectivity index (χ3v) is 19.2. The van der Waals surface area contributed by atoms with Gasteiger partial charge in [0.15, 0.2) is 12.2 Å². The molecule has 592 valence electrons. The number of allylic oxidation sites excluding steroid dienone is 14. The zero-order valence-electron chi connectivity index (χ0n) is 64.8. The maximum atomic E-state index is 13.1. The molecule has 19 heteroatoms. The van der Waals surface area contributed by atoms with E-state index in [1.807, 2.05) is 0 Å². The Morgan fingerprint density at radius 1 is 0.284 bits per heavy atom. The number of hydrogen-bond donors (Lipinski definition) is 3. The van der Waals surface area contributed by atoms with Crippen LogP contribution in [0.1, 0.15) is 362 Å². The number of aliphatic hydroxyl groups is 1. The number of ether oxygens (including phenoxy) is 4. The Labute approximate surface area is 621 Å². The second-order valence-electron chi connectivity index (χ2n) is 27.3. The first-order valence-corrected chi connectivity index (χ1v) is 43.8. The third kappa shape index (κ3) is 74.5. The van der Waals surface area contributed by atoms with E-state index in [1.165, 1.54) is 116 Å². The van der Waals surface area contributed by atoms with Gasteiger partial charge in [-0.2, -0.15) is 0 Å². The maximum Gasteiger partial charge on any atom is 0.472 e. The van der Waals surface area contributed by atoms with Crippen molar-refractivity contribution < 1.29 is 80.2 Å². The van der Waals surface area contributed by atoms with Gasteiger partial charge in [0.25, 0.3) is 0 Å². The van der Waals surface area contributed by atoms with Crippen molar-refractivity contribution in [3.05, 3.63) is 85.1 Å². The molecule has 0 aromatic carbocycles. The Kier molecular flexibility index (Phi) is 72.7. The van der Waals surface area contributed by atoms with Crippen molar-refractivity contribution in [3.63, 3.8) is 0 Å². The molecule has 3 N–H and O–H groups in total. The lowest BCUT2D eigenvalue weighted by molar-refractivity contribution is -0.161. The molecule has 102 heavy (non-hydrogen) atoms. The topological polar surface area (TPSA) is 237 Å². The van der Waals surface area contributed by atoms with Crippen LogP contribution < -0.4 is 0 Å². The lowest BCUT2D eigenvalue weighted by Gasteiger charge is -2.21. The molecule has 0 fully saturated rings. The van der Waals surface area contributed by atoms with Crippen molar-refractivity contribution >= 4 is 39.5 Å². The van der Waals surface area contributed by atoms with Crippen LogP contribution in [0.15, 0.2) is 85.1 Å².